The Balaban J connectivity index is 2.17. The maximum atomic E-state index is 13.0. The van der Waals surface area contributed by atoms with Crippen LogP contribution in [0.4, 0.5) is 10.1 Å². The Labute approximate surface area is 117 Å². The van der Waals surface area contributed by atoms with Crippen LogP contribution in [0.25, 0.3) is 0 Å². The number of anilines is 1. The van der Waals surface area contributed by atoms with Gasteiger partial charge in [0.1, 0.15) is 5.82 Å². The van der Waals surface area contributed by atoms with Crippen LogP contribution in [0.3, 0.4) is 0 Å². The summed E-state index contributed by atoms with van der Waals surface area (Å²) in [6.45, 7) is 2.21. The van der Waals surface area contributed by atoms with Gasteiger partial charge in [-0.05, 0) is 48.4 Å². The smallest absolute Gasteiger partial charge is 0.255 e. The van der Waals surface area contributed by atoms with E-state index in [0.717, 1.165) is 5.56 Å². The summed E-state index contributed by atoms with van der Waals surface area (Å²) < 4.78 is 18.1. The first-order valence-electron chi connectivity index (χ1n) is 6.25. The van der Waals surface area contributed by atoms with E-state index in [1.54, 1.807) is 38.3 Å². The van der Waals surface area contributed by atoms with E-state index in [4.69, 9.17) is 4.74 Å². The van der Waals surface area contributed by atoms with Crippen molar-refractivity contribution in [3.05, 3.63) is 65.0 Å². The number of carbonyl (C=O) groups is 1. The van der Waals surface area contributed by atoms with E-state index in [1.165, 1.54) is 12.1 Å². The predicted molar refractivity (Wildman–Crippen MR) is 76.2 cm³/mol. The zero-order chi connectivity index (χ0) is 14.5. The molecule has 104 valence electrons. The molecule has 0 saturated carbocycles. The fourth-order valence-corrected chi connectivity index (χ4v) is 1.93. The van der Waals surface area contributed by atoms with Crippen LogP contribution in [0.1, 0.15) is 21.5 Å². The van der Waals surface area contributed by atoms with Gasteiger partial charge in [0, 0.05) is 18.4 Å². The number of benzene rings is 2. The molecule has 0 aliphatic rings. The van der Waals surface area contributed by atoms with Crippen molar-refractivity contribution >= 4 is 11.6 Å². The topological polar surface area (TPSA) is 38.3 Å². The van der Waals surface area contributed by atoms with E-state index >= 15 is 0 Å². The molecule has 0 aromatic heterocycles. The summed E-state index contributed by atoms with van der Waals surface area (Å²) in [6.07, 6.45) is 0. The number of ether oxygens (including phenoxy) is 1. The van der Waals surface area contributed by atoms with Crippen LogP contribution in [-0.2, 0) is 11.3 Å². The minimum absolute atomic E-state index is 0.224. The molecule has 0 aliphatic heterocycles. The Morgan fingerprint density at radius 2 is 2.05 bits per heavy atom. The van der Waals surface area contributed by atoms with Crippen LogP contribution in [-0.4, -0.2) is 13.0 Å². The summed E-state index contributed by atoms with van der Waals surface area (Å²) in [4.78, 5) is 12.2. The molecule has 0 heterocycles. The van der Waals surface area contributed by atoms with Gasteiger partial charge in [-0.3, -0.25) is 4.79 Å². The maximum absolute atomic E-state index is 13.0. The lowest BCUT2D eigenvalue weighted by atomic mass is 10.1. The van der Waals surface area contributed by atoms with Crippen LogP contribution < -0.4 is 5.32 Å². The van der Waals surface area contributed by atoms with Crippen molar-refractivity contribution in [2.45, 2.75) is 13.5 Å². The van der Waals surface area contributed by atoms with Crippen LogP contribution >= 0.6 is 0 Å². The number of methoxy groups -OCH3 is 1. The molecule has 0 saturated heterocycles. The van der Waals surface area contributed by atoms with E-state index < -0.39 is 0 Å². The van der Waals surface area contributed by atoms with Crippen LogP contribution in [0.15, 0.2) is 42.5 Å². The molecule has 2 rings (SSSR count). The Bertz CT molecular complexity index is 626. The fraction of sp³-hybridized carbons (Fsp3) is 0.188. The summed E-state index contributed by atoms with van der Waals surface area (Å²) in [6, 6.07) is 11.5. The number of halogens is 1. The third-order valence-electron chi connectivity index (χ3n) is 2.94. The van der Waals surface area contributed by atoms with Crippen molar-refractivity contribution in [3.63, 3.8) is 0 Å². The molecule has 0 spiro atoms. The van der Waals surface area contributed by atoms with Gasteiger partial charge in [0.05, 0.1) is 6.61 Å². The van der Waals surface area contributed by atoms with Crippen LogP contribution in [0.5, 0.6) is 0 Å². The Morgan fingerprint density at radius 1 is 1.25 bits per heavy atom. The molecular weight excluding hydrogens is 257 g/mol. The van der Waals surface area contributed by atoms with E-state index in [2.05, 4.69) is 5.32 Å². The number of aryl methyl sites for hydroxylation is 1. The molecular formula is C16H16FNO2. The first-order valence-corrected chi connectivity index (χ1v) is 6.25. The normalized spacial score (nSPS) is 10.3. The van der Waals surface area contributed by atoms with Crippen LogP contribution in [0.2, 0.25) is 0 Å². The second-order valence-electron chi connectivity index (χ2n) is 4.55. The zero-order valence-corrected chi connectivity index (χ0v) is 11.4. The van der Waals surface area contributed by atoms with Crippen molar-refractivity contribution in [1.29, 1.82) is 0 Å². The minimum atomic E-state index is -0.317. The van der Waals surface area contributed by atoms with Gasteiger partial charge in [0.15, 0.2) is 0 Å². The quantitative estimate of drug-likeness (QED) is 0.925. The Hall–Kier alpha value is -2.20. The predicted octanol–water partition coefficient (Wildman–Crippen LogP) is 3.53. The molecule has 0 radical (unpaired) electrons. The largest absolute Gasteiger partial charge is 0.380 e. The molecule has 1 amide bonds. The molecule has 3 nitrogen and oxygen atoms in total. The van der Waals surface area contributed by atoms with Gasteiger partial charge in [-0.25, -0.2) is 4.39 Å². The van der Waals surface area contributed by atoms with Gasteiger partial charge < -0.3 is 10.1 Å². The summed E-state index contributed by atoms with van der Waals surface area (Å²) in [5, 5.41) is 2.78. The number of hydrogen-bond acceptors (Lipinski definition) is 2. The third kappa shape index (κ3) is 3.42. The van der Waals surface area contributed by atoms with Gasteiger partial charge in [-0.15, -0.1) is 0 Å². The van der Waals surface area contributed by atoms with Crippen molar-refractivity contribution in [3.8, 4) is 0 Å². The molecule has 4 heteroatoms. The van der Waals surface area contributed by atoms with Crippen molar-refractivity contribution in [2.24, 2.45) is 0 Å². The summed E-state index contributed by atoms with van der Waals surface area (Å²) >= 11 is 0. The lowest BCUT2D eigenvalue weighted by molar-refractivity contribution is 0.102. The molecule has 2 aromatic rings. The molecule has 0 bridgehead atoms. The lowest BCUT2D eigenvalue weighted by Gasteiger charge is -2.09. The maximum Gasteiger partial charge on any atom is 0.255 e. The number of amides is 1. The van der Waals surface area contributed by atoms with E-state index in [1.807, 2.05) is 6.07 Å². The van der Waals surface area contributed by atoms with E-state index in [9.17, 15) is 9.18 Å². The number of rotatable bonds is 4. The highest BCUT2D eigenvalue weighted by molar-refractivity contribution is 6.04. The summed E-state index contributed by atoms with van der Waals surface area (Å²) in [5.74, 6) is -0.541. The molecule has 0 atom stereocenters. The van der Waals surface area contributed by atoms with Crippen LogP contribution in [0, 0.1) is 12.7 Å². The van der Waals surface area contributed by atoms with Gasteiger partial charge in [-0.1, -0.05) is 12.1 Å². The molecule has 2 aromatic carbocycles. The molecule has 0 unspecified atom stereocenters. The average molecular weight is 273 g/mol. The highest BCUT2D eigenvalue weighted by Gasteiger charge is 2.08. The third-order valence-corrected chi connectivity index (χ3v) is 2.94. The van der Waals surface area contributed by atoms with Crippen molar-refractivity contribution in [2.75, 3.05) is 12.4 Å². The molecule has 1 N–H and O–H groups in total. The Kier molecular flexibility index (Phi) is 4.48. The van der Waals surface area contributed by atoms with Crippen molar-refractivity contribution < 1.29 is 13.9 Å². The van der Waals surface area contributed by atoms with Gasteiger partial charge >= 0.3 is 0 Å². The number of nitrogens with one attached hydrogen (secondary N) is 1. The molecule has 0 fully saturated rings. The monoisotopic (exact) mass is 273 g/mol. The lowest BCUT2D eigenvalue weighted by Crippen LogP contribution is -2.13. The summed E-state index contributed by atoms with van der Waals surface area (Å²) in [7, 11) is 1.61. The minimum Gasteiger partial charge on any atom is -0.380 e. The fourth-order valence-electron chi connectivity index (χ4n) is 1.93. The number of hydrogen-bond donors (Lipinski definition) is 1. The van der Waals surface area contributed by atoms with Gasteiger partial charge in [0.25, 0.3) is 5.91 Å². The first kappa shape index (κ1) is 14.2. The highest BCUT2D eigenvalue weighted by Crippen LogP contribution is 2.17. The SMILES string of the molecule is COCc1cccc(C(=O)Nc2ccc(F)cc2C)c1. The number of carbonyl (C=O) groups excluding carboxylic acids is 1. The van der Waals surface area contributed by atoms with E-state index in [-0.39, 0.29) is 11.7 Å². The zero-order valence-electron chi connectivity index (χ0n) is 11.4. The van der Waals surface area contributed by atoms with Crippen molar-refractivity contribution in [1.82, 2.24) is 0 Å². The highest BCUT2D eigenvalue weighted by atomic mass is 19.1. The second-order valence-corrected chi connectivity index (χ2v) is 4.55. The van der Waals surface area contributed by atoms with Gasteiger partial charge in [-0.2, -0.15) is 0 Å². The standard InChI is InChI=1S/C16H16FNO2/c1-11-8-14(17)6-7-15(11)18-16(19)13-5-3-4-12(9-13)10-20-2/h3-9H,10H2,1-2H3,(H,18,19). The first-order chi connectivity index (χ1) is 9.60. The average Bonchev–Trinajstić information content (AvgIpc) is 2.42. The second kappa shape index (κ2) is 6.30. The molecule has 20 heavy (non-hydrogen) atoms. The van der Waals surface area contributed by atoms with Gasteiger partial charge in [0.2, 0.25) is 0 Å². The van der Waals surface area contributed by atoms with E-state index in [0.29, 0.717) is 23.4 Å². The summed E-state index contributed by atoms with van der Waals surface area (Å²) in [5.41, 5.74) is 2.76. The Morgan fingerprint density at radius 3 is 2.75 bits per heavy atom. The molecule has 0 aliphatic carbocycles.